The summed E-state index contributed by atoms with van der Waals surface area (Å²) < 4.78 is 0. The second kappa shape index (κ2) is 8.91. The fourth-order valence-corrected chi connectivity index (χ4v) is 9.97. The number of nitrogens with two attached hydrogens (primary N) is 1. The molecule has 192 valence electrons. The lowest BCUT2D eigenvalue weighted by atomic mass is 9.40. The average molecular weight is 503 g/mol. The summed E-state index contributed by atoms with van der Waals surface area (Å²) in [7, 11) is 0. The van der Waals surface area contributed by atoms with Crippen molar-refractivity contribution in [2.75, 3.05) is 18.8 Å². The molecule has 5 atom stereocenters. The number of fused-ring (bicyclic) bond motifs is 2. The van der Waals surface area contributed by atoms with Gasteiger partial charge in [0, 0.05) is 29.8 Å². The average Bonchev–Trinajstić information content (AvgIpc) is 2.88. The summed E-state index contributed by atoms with van der Waals surface area (Å²) in [5.74, 6) is 2.30. The Labute approximate surface area is 221 Å². The van der Waals surface area contributed by atoms with Gasteiger partial charge < -0.3 is 10.6 Å². The molecule has 1 heterocycles. The molecule has 4 unspecified atom stereocenters. The van der Waals surface area contributed by atoms with Crippen molar-refractivity contribution in [3.8, 4) is 0 Å². The van der Waals surface area contributed by atoms with E-state index in [4.69, 9.17) is 5.73 Å². The molecule has 2 N–H and O–H groups in total. The summed E-state index contributed by atoms with van der Waals surface area (Å²) in [6, 6.07) is 22.3. The van der Waals surface area contributed by atoms with Crippen LogP contribution in [-0.4, -0.2) is 35.7 Å². The molecule has 3 nitrogen and oxygen atoms in total. The third-order valence-electron chi connectivity index (χ3n) is 10.6. The third-order valence-corrected chi connectivity index (χ3v) is 11.9. The van der Waals surface area contributed by atoms with Crippen LogP contribution in [0.25, 0.3) is 0 Å². The standard InChI is InChI=1S/C32H42N2OS/c1-29(2)22-34(18-15-27(29)33)28(35)31-17-14-25-13-16-30(19-31,24-9-5-3-6-10-24)20-32(25,21-31)23-36-26-11-7-4-8-12-26/h3-12,25,27H,13-23,33H2,1-2H3/t25?,27-,30?,31?,32?/m0/s1. The number of benzene rings is 2. The van der Waals surface area contributed by atoms with E-state index in [1.807, 2.05) is 11.8 Å². The van der Waals surface area contributed by atoms with Gasteiger partial charge in [-0.3, -0.25) is 4.79 Å². The molecule has 1 saturated heterocycles. The van der Waals surface area contributed by atoms with E-state index in [9.17, 15) is 4.79 Å². The molecule has 4 heteroatoms. The summed E-state index contributed by atoms with van der Waals surface area (Å²) in [5, 5.41) is 0. The van der Waals surface area contributed by atoms with Crippen LogP contribution in [0.1, 0.15) is 70.8 Å². The van der Waals surface area contributed by atoms with Gasteiger partial charge in [-0.1, -0.05) is 62.4 Å². The molecule has 1 aliphatic heterocycles. The van der Waals surface area contributed by atoms with Crippen molar-refractivity contribution in [1.82, 2.24) is 4.90 Å². The van der Waals surface area contributed by atoms with E-state index in [0.717, 1.165) is 50.4 Å². The minimum absolute atomic E-state index is 0.0236. The number of rotatable bonds is 5. The van der Waals surface area contributed by atoms with E-state index in [-0.39, 0.29) is 27.7 Å². The molecule has 36 heavy (non-hydrogen) atoms. The van der Waals surface area contributed by atoms with Crippen molar-refractivity contribution in [2.24, 2.45) is 27.9 Å². The van der Waals surface area contributed by atoms with Crippen LogP contribution in [0.3, 0.4) is 0 Å². The zero-order valence-electron chi connectivity index (χ0n) is 22.0. The molecule has 4 aliphatic rings. The first-order chi connectivity index (χ1) is 17.3. The molecule has 0 radical (unpaired) electrons. The monoisotopic (exact) mass is 502 g/mol. The maximum atomic E-state index is 14.6. The van der Waals surface area contributed by atoms with E-state index in [2.05, 4.69) is 79.4 Å². The third kappa shape index (κ3) is 4.04. The largest absolute Gasteiger partial charge is 0.342 e. The molecular formula is C32H42N2OS. The molecule has 3 saturated carbocycles. The van der Waals surface area contributed by atoms with Gasteiger partial charge in [0.05, 0.1) is 5.41 Å². The Morgan fingerprint density at radius 1 is 0.944 bits per heavy atom. The lowest BCUT2D eigenvalue weighted by molar-refractivity contribution is -0.168. The summed E-state index contributed by atoms with van der Waals surface area (Å²) in [4.78, 5) is 18.2. The molecule has 1 amide bonds. The van der Waals surface area contributed by atoms with Crippen LogP contribution in [-0.2, 0) is 10.2 Å². The van der Waals surface area contributed by atoms with E-state index >= 15 is 0 Å². The highest BCUT2D eigenvalue weighted by Crippen LogP contribution is 2.70. The SMILES string of the molecule is CC1(C)CN(C(=O)C23CCC4CCC(c5ccccc5)(C2)CC4(CSc2ccccc2)C3)CC[C@@H]1N. The van der Waals surface area contributed by atoms with Crippen LogP contribution in [0.2, 0.25) is 0 Å². The second-order valence-corrected chi connectivity index (χ2v) is 14.4. The number of carbonyl (C=O) groups is 1. The van der Waals surface area contributed by atoms with Gasteiger partial charge in [-0.2, -0.15) is 0 Å². The zero-order valence-corrected chi connectivity index (χ0v) is 22.9. The molecule has 3 aliphatic carbocycles. The van der Waals surface area contributed by atoms with Gasteiger partial charge in [0.2, 0.25) is 5.91 Å². The molecule has 2 aromatic carbocycles. The van der Waals surface area contributed by atoms with Crippen LogP contribution in [0.4, 0.5) is 0 Å². The molecule has 6 rings (SSSR count). The Hall–Kier alpha value is -1.78. The summed E-state index contributed by atoms with van der Waals surface area (Å²) in [6.45, 7) is 6.09. The minimum Gasteiger partial charge on any atom is -0.342 e. The fourth-order valence-electron chi connectivity index (χ4n) is 8.73. The van der Waals surface area contributed by atoms with Crippen molar-refractivity contribution in [1.29, 1.82) is 0 Å². The Kier molecular flexibility index (Phi) is 6.08. The minimum atomic E-state index is -0.236. The highest BCUT2D eigenvalue weighted by atomic mass is 32.2. The number of likely N-dealkylation sites (tertiary alicyclic amines) is 1. The first-order valence-electron chi connectivity index (χ1n) is 14.0. The second-order valence-electron chi connectivity index (χ2n) is 13.3. The summed E-state index contributed by atoms with van der Waals surface area (Å²) in [6.07, 6.45) is 9.05. The van der Waals surface area contributed by atoms with Crippen molar-refractivity contribution < 1.29 is 4.79 Å². The van der Waals surface area contributed by atoms with Crippen molar-refractivity contribution in [3.05, 3.63) is 66.2 Å². The van der Waals surface area contributed by atoms with Gasteiger partial charge in [-0.05, 0) is 91.2 Å². The highest BCUT2D eigenvalue weighted by molar-refractivity contribution is 7.99. The number of hydrogen-bond donors (Lipinski definition) is 1. The lowest BCUT2D eigenvalue weighted by Crippen LogP contribution is -2.64. The Bertz CT molecular complexity index is 1100. The maximum absolute atomic E-state index is 14.6. The van der Waals surface area contributed by atoms with Gasteiger partial charge >= 0.3 is 0 Å². The van der Waals surface area contributed by atoms with Gasteiger partial charge in [-0.25, -0.2) is 0 Å². The van der Waals surface area contributed by atoms with E-state index in [0.29, 0.717) is 5.91 Å². The van der Waals surface area contributed by atoms with Crippen molar-refractivity contribution in [2.45, 2.75) is 81.6 Å². The van der Waals surface area contributed by atoms with Crippen LogP contribution in [0, 0.1) is 22.2 Å². The fraction of sp³-hybridized carbons (Fsp3) is 0.594. The number of thioether (sulfide) groups is 1. The number of amides is 1. The maximum Gasteiger partial charge on any atom is 0.228 e. The topological polar surface area (TPSA) is 46.3 Å². The van der Waals surface area contributed by atoms with E-state index < -0.39 is 0 Å². The van der Waals surface area contributed by atoms with Crippen molar-refractivity contribution >= 4 is 17.7 Å². The van der Waals surface area contributed by atoms with Crippen molar-refractivity contribution in [3.63, 3.8) is 0 Å². The van der Waals surface area contributed by atoms with Crippen LogP contribution >= 0.6 is 11.8 Å². The molecule has 0 aromatic heterocycles. The predicted molar refractivity (Wildman–Crippen MR) is 149 cm³/mol. The molecule has 3 bridgehead atoms. The molecule has 2 aromatic rings. The van der Waals surface area contributed by atoms with Crippen LogP contribution in [0.15, 0.2) is 65.6 Å². The molecule has 4 fully saturated rings. The molecular weight excluding hydrogens is 460 g/mol. The van der Waals surface area contributed by atoms with E-state index in [1.165, 1.54) is 36.1 Å². The lowest BCUT2D eigenvalue weighted by Gasteiger charge is -2.66. The Balaban J connectivity index is 1.38. The van der Waals surface area contributed by atoms with Gasteiger partial charge in [-0.15, -0.1) is 11.8 Å². The number of carbonyl (C=O) groups excluding carboxylic acids is 1. The van der Waals surface area contributed by atoms with Crippen LogP contribution in [0.5, 0.6) is 0 Å². The Morgan fingerprint density at radius 3 is 2.36 bits per heavy atom. The highest BCUT2D eigenvalue weighted by Gasteiger charge is 2.65. The number of piperidine rings is 1. The first-order valence-corrected chi connectivity index (χ1v) is 15.0. The van der Waals surface area contributed by atoms with Gasteiger partial charge in [0.1, 0.15) is 0 Å². The smallest absolute Gasteiger partial charge is 0.228 e. The summed E-state index contributed by atoms with van der Waals surface area (Å²) >= 11 is 2.02. The van der Waals surface area contributed by atoms with Crippen LogP contribution < -0.4 is 5.73 Å². The number of nitrogens with zero attached hydrogens (tertiary/aromatic N) is 1. The zero-order chi connectivity index (χ0) is 25.0. The van der Waals surface area contributed by atoms with Gasteiger partial charge in [0.15, 0.2) is 0 Å². The van der Waals surface area contributed by atoms with E-state index in [1.54, 1.807) is 0 Å². The summed E-state index contributed by atoms with van der Waals surface area (Å²) in [5.41, 5.74) is 8.02. The van der Waals surface area contributed by atoms with Gasteiger partial charge in [0.25, 0.3) is 0 Å². The normalized spacial score (nSPS) is 37.0. The number of hydrogen-bond acceptors (Lipinski definition) is 3. The first kappa shape index (κ1) is 24.6. The molecule has 0 spiro atoms. The predicted octanol–water partition coefficient (Wildman–Crippen LogP) is 6.66. The Morgan fingerprint density at radius 2 is 1.64 bits per heavy atom. The quantitative estimate of drug-likeness (QED) is 0.465.